The molecule has 4 aromatic rings. The standard InChI is InChI=1S/C33H25IN2O2/c1-19-11-16-27(20(2)17-19)36-31(37)29-28-23-7-3-5-9-25(23)33(30(29)32(36)38,26-10-6-4-8-24(26)28)18-35-22-14-12-21(34)13-15-22/h3-18,28-30H,1-2H3/t28?,29-,30+,33?/m1/s1. The largest absolute Gasteiger partial charge is 0.274 e. The fraction of sp³-hybridized carbons (Fsp3) is 0.182. The maximum atomic E-state index is 14.5. The Labute approximate surface area is 235 Å². The summed E-state index contributed by atoms with van der Waals surface area (Å²) >= 11 is 2.28. The summed E-state index contributed by atoms with van der Waals surface area (Å²) in [6, 6.07) is 30.5. The van der Waals surface area contributed by atoms with Gasteiger partial charge in [-0.2, -0.15) is 0 Å². The van der Waals surface area contributed by atoms with E-state index < -0.39 is 17.3 Å². The van der Waals surface area contributed by atoms with Crippen molar-refractivity contribution < 1.29 is 9.59 Å². The number of aryl methyl sites for hydroxylation is 2. The van der Waals surface area contributed by atoms with Crippen molar-refractivity contribution in [1.29, 1.82) is 0 Å². The molecule has 1 heterocycles. The Balaban J connectivity index is 1.50. The van der Waals surface area contributed by atoms with Gasteiger partial charge in [0.1, 0.15) is 0 Å². The molecule has 0 aromatic heterocycles. The van der Waals surface area contributed by atoms with Crippen LogP contribution in [0.3, 0.4) is 0 Å². The Hall–Kier alpha value is -3.58. The maximum absolute atomic E-state index is 14.5. The molecule has 0 unspecified atom stereocenters. The smallest absolute Gasteiger partial charge is 0.239 e. The molecule has 2 bridgehead atoms. The summed E-state index contributed by atoms with van der Waals surface area (Å²) in [6.45, 7) is 3.99. The highest BCUT2D eigenvalue weighted by atomic mass is 127. The molecule has 4 nitrogen and oxygen atoms in total. The van der Waals surface area contributed by atoms with Gasteiger partial charge < -0.3 is 0 Å². The number of halogens is 1. The molecule has 0 N–H and O–H groups in total. The highest BCUT2D eigenvalue weighted by Crippen LogP contribution is 2.63. The third kappa shape index (κ3) is 3.11. The molecule has 1 saturated heterocycles. The summed E-state index contributed by atoms with van der Waals surface area (Å²) in [5.74, 6) is -1.49. The van der Waals surface area contributed by atoms with Gasteiger partial charge in [0.05, 0.1) is 28.6 Å². The first-order valence-electron chi connectivity index (χ1n) is 12.9. The van der Waals surface area contributed by atoms with E-state index in [1.165, 1.54) is 4.90 Å². The molecule has 0 radical (unpaired) electrons. The van der Waals surface area contributed by atoms with Gasteiger partial charge in [-0.05, 0) is 94.6 Å². The zero-order chi connectivity index (χ0) is 26.2. The fourth-order valence-corrected chi connectivity index (χ4v) is 7.41. The Morgan fingerprint density at radius 1 is 0.816 bits per heavy atom. The Morgan fingerprint density at radius 2 is 1.45 bits per heavy atom. The van der Waals surface area contributed by atoms with Gasteiger partial charge in [0, 0.05) is 15.7 Å². The minimum Gasteiger partial charge on any atom is -0.274 e. The molecule has 2 amide bonds. The number of hydrogen-bond donors (Lipinski definition) is 0. The van der Waals surface area contributed by atoms with E-state index in [1.807, 2.05) is 86.8 Å². The first-order valence-corrected chi connectivity index (χ1v) is 13.9. The van der Waals surface area contributed by atoms with E-state index in [0.29, 0.717) is 5.69 Å². The molecule has 0 saturated carbocycles. The van der Waals surface area contributed by atoms with Crippen molar-refractivity contribution in [3.05, 3.63) is 128 Å². The number of amides is 2. The number of imide groups is 1. The lowest BCUT2D eigenvalue weighted by atomic mass is 9.47. The van der Waals surface area contributed by atoms with Crippen molar-refractivity contribution in [1.82, 2.24) is 0 Å². The van der Waals surface area contributed by atoms with Gasteiger partial charge in [0.2, 0.25) is 11.8 Å². The summed E-state index contributed by atoms with van der Waals surface area (Å²) in [6.07, 6.45) is 1.95. The number of aliphatic imine (C=N–C) groups is 1. The minimum absolute atomic E-state index is 0.118. The normalized spacial score (nSPS) is 25.0. The molecular weight excluding hydrogens is 583 g/mol. The van der Waals surface area contributed by atoms with Crippen LogP contribution >= 0.6 is 22.6 Å². The van der Waals surface area contributed by atoms with Crippen LogP contribution in [0.1, 0.15) is 39.3 Å². The highest BCUT2D eigenvalue weighted by molar-refractivity contribution is 14.1. The molecule has 5 heteroatoms. The van der Waals surface area contributed by atoms with E-state index in [4.69, 9.17) is 4.99 Å². The fourth-order valence-electron chi connectivity index (χ4n) is 7.05. The Morgan fingerprint density at radius 3 is 2.08 bits per heavy atom. The average Bonchev–Trinajstić information content (AvgIpc) is 3.19. The van der Waals surface area contributed by atoms with E-state index in [-0.39, 0.29) is 17.7 Å². The van der Waals surface area contributed by atoms with E-state index in [2.05, 4.69) is 46.9 Å². The minimum atomic E-state index is -0.851. The van der Waals surface area contributed by atoms with Crippen LogP contribution in [0.2, 0.25) is 0 Å². The second-order valence-electron chi connectivity index (χ2n) is 10.6. The predicted molar refractivity (Wildman–Crippen MR) is 158 cm³/mol. The van der Waals surface area contributed by atoms with Gasteiger partial charge in [-0.15, -0.1) is 0 Å². The summed E-state index contributed by atoms with van der Waals surface area (Å²) < 4.78 is 1.13. The zero-order valence-electron chi connectivity index (χ0n) is 21.1. The third-order valence-electron chi connectivity index (χ3n) is 8.52. The van der Waals surface area contributed by atoms with Crippen LogP contribution in [-0.2, 0) is 15.0 Å². The summed E-state index contributed by atoms with van der Waals surface area (Å²) in [7, 11) is 0. The molecule has 8 rings (SSSR count). The van der Waals surface area contributed by atoms with E-state index in [0.717, 1.165) is 42.6 Å². The van der Waals surface area contributed by atoms with Crippen molar-refractivity contribution in [3.63, 3.8) is 0 Å². The van der Waals surface area contributed by atoms with Crippen LogP contribution in [0.25, 0.3) is 0 Å². The van der Waals surface area contributed by atoms with Crippen molar-refractivity contribution in [2.24, 2.45) is 16.8 Å². The topological polar surface area (TPSA) is 49.7 Å². The van der Waals surface area contributed by atoms with Crippen LogP contribution in [0.4, 0.5) is 11.4 Å². The monoisotopic (exact) mass is 608 g/mol. The van der Waals surface area contributed by atoms with Gasteiger partial charge in [-0.1, -0.05) is 66.2 Å². The Bertz CT molecular complexity index is 1630. The Kier molecular flexibility index (Phi) is 5.24. The molecular formula is C33H25IN2O2. The van der Waals surface area contributed by atoms with Crippen molar-refractivity contribution >= 4 is 52.0 Å². The van der Waals surface area contributed by atoms with Gasteiger partial charge in [0.15, 0.2) is 0 Å². The molecule has 38 heavy (non-hydrogen) atoms. The van der Waals surface area contributed by atoms with Gasteiger partial charge in [-0.25, -0.2) is 4.90 Å². The second kappa shape index (κ2) is 8.46. The lowest BCUT2D eigenvalue weighted by Crippen LogP contribution is -2.54. The van der Waals surface area contributed by atoms with Gasteiger partial charge in [0.25, 0.3) is 0 Å². The summed E-state index contributed by atoms with van der Waals surface area (Å²) in [4.78, 5) is 35.2. The molecule has 1 aliphatic heterocycles. The van der Waals surface area contributed by atoms with Crippen LogP contribution in [0, 0.1) is 29.3 Å². The molecule has 4 aliphatic rings. The van der Waals surface area contributed by atoms with Crippen molar-refractivity contribution in [2.75, 3.05) is 4.90 Å². The third-order valence-corrected chi connectivity index (χ3v) is 9.24. The number of benzene rings is 4. The van der Waals surface area contributed by atoms with Crippen LogP contribution < -0.4 is 4.90 Å². The number of nitrogens with zero attached hydrogens (tertiary/aromatic N) is 2. The molecule has 1 fully saturated rings. The van der Waals surface area contributed by atoms with E-state index >= 15 is 0 Å². The second-order valence-corrected chi connectivity index (χ2v) is 11.8. The summed E-state index contributed by atoms with van der Waals surface area (Å²) in [5.41, 5.74) is 7.05. The van der Waals surface area contributed by atoms with Crippen LogP contribution in [0.5, 0.6) is 0 Å². The van der Waals surface area contributed by atoms with Crippen LogP contribution in [-0.4, -0.2) is 18.0 Å². The molecule has 4 aromatic carbocycles. The first kappa shape index (κ1) is 23.5. The molecule has 186 valence electrons. The van der Waals surface area contributed by atoms with Gasteiger partial charge >= 0.3 is 0 Å². The lowest BCUT2D eigenvalue weighted by molar-refractivity contribution is -0.122. The number of carbonyl (C=O) groups excluding carboxylic acids is 2. The molecule has 0 spiro atoms. The van der Waals surface area contributed by atoms with Crippen molar-refractivity contribution in [2.45, 2.75) is 25.2 Å². The van der Waals surface area contributed by atoms with E-state index in [1.54, 1.807) is 0 Å². The lowest BCUT2D eigenvalue weighted by Gasteiger charge is -2.52. The molecule has 2 atom stereocenters. The first-order chi connectivity index (χ1) is 18.4. The van der Waals surface area contributed by atoms with Crippen molar-refractivity contribution in [3.8, 4) is 0 Å². The number of rotatable bonds is 3. The number of anilines is 1. The predicted octanol–water partition coefficient (Wildman–Crippen LogP) is 6.86. The molecule has 3 aliphatic carbocycles. The summed E-state index contributed by atoms with van der Waals surface area (Å²) in [5, 5.41) is 0. The zero-order valence-corrected chi connectivity index (χ0v) is 23.2. The van der Waals surface area contributed by atoms with Gasteiger partial charge in [-0.3, -0.25) is 14.6 Å². The number of carbonyl (C=O) groups is 2. The quantitative estimate of drug-likeness (QED) is 0.145. The average molecular weight is 608 g/mol. The number of hydrogen-bond acceptors (Lipinski definition) is 3. The SMILES string of the molecule is Cc1ccc(N2C(=O)[C@@H]3C4c5ccccc5C(C=Nc5ccc(I)cc5)(c5ccccc54)[C@@H]3C2=O)c(C)c1. The maximum Gasteiger partial charge on any atom is 0.239 e. The van der Waals surface area contributed by atoms with E-state index in [9.17, 15) is 9.59 Å². The van der Waals surface area contributed by atoms with Crippen LogP contribution in [0.15, 0.2) is 96.0 Å². The highest BCUT2D eigenvalue weighted by Gasteiger charge is 2.68.